The third-order valence-electron chi connectivity index (χ3n) is 3.83. The second kappa shape index (κ2) is 10.7. The van der Waals surface area contributed by atoms with Crippen LogP contribution in [0.3, 0.4) is 0 Å². The van der Waals surface area contributed by atoms with Crippen LogP contribution in [0.5, 0.6) is 5.75 Å². The Morgan fingerprint density at radius 3 is 2.52 bits per heavy atom. The summed E-state index contributed by atoms with van der Waals surface area (Å²) < 4.78 is 5.77. The summed E-state index contributed by atoms with van der Waals surface area (Å²) in [4.78, 5) is 27.9. The number of hydrogen-bond donors (Lipinski definition) is 2. The Hall–Kier alpha value is -2.41. The van der Waals surface area contributed by atoms with Crippen LogP contribution in [-0.2, 0) is 11.4 Å². The lowest BCUT2D eigenvalue weighted by Crippen LogP contribution is -2.34. The van der Waals surface area contributed by atoms with E-state index in [0.29, 0.717) is 31.8 Å². The largest absolute Gasteiger partial charge is 0.486 e. The average Bonchev–Trinajstić information content (AvgIpc) is 3.10. The van der Waals surface area contributed by atoms with Gasteiger partial charge in [-0.3, -0.25) is 9.59 Å². The van der Waals surface area contributed by atoms with Crippen molar-refractivity contribution in [3.8, 4) is 5.75 Å². The third-order valence-corrected chi connectivity index (χ3v) is 4.65. The van der Waals surface area contributed by atoms with Gasteiger partial charge in [0.1, 0.15) is 23.1 Å². The second-order valence-corrected chi connectivity index (χ2v) is 7.39. The van der Waals surface area contributed by atoms with Gasteiger partial charge in [0.05, 0.1) is 0 Å². The Bertz CT molecular complexity index is 753. The highest BCUT2D eigenvalue weighted by Crippen LogP contribution is 2.19. The van der Waals surface area contributed by atoms with Crippen molar-refractivity contribution < 1.29 is 14.3 Å². The quantitative estimate of drug-likeness (QED) is 0.611. The Labute approximate surface area is 164 Å². The monoisotopic (exact) mass is 389 g/mol. The molecule has 0 spiro atoms. The maximum atomic E-state index is 12.1. The number of ether oxygens (including phenoxy) is 1. The van der Waals surface area contributed by atoms with Gasteiger partial charge in [-0.1, -0.05) is 19.4 Å². The van der Waals surface area contributed by atoms with Gasteiger partial charge in [0.15, 0.2) is 0 Å². The molecule has 6 nitrogen and oxygen atoms in total. The van der Waals surface area contributed by atoms with Gasteiger partial charge in [0.25, 0.3) is 5.91 Å². The van der Waals surface area contributed by atoms with Crippen molar-refractivity contribution in [2.75, 3.05) is 13.1 Å². The maximum Gasteiger partial charge on any atom is 0.270 e. The fourth-order valence-electron chi connectivity index (χ4n) is 2.54. The molecule has 1 aromatic carbocycles. The van der Waals surface area contributed by atoms with E-state index in [1.807, 2.05) is 32.9 Å². The minimum atomic E-state index is -0.244. The van der Waals surface area contributed by atoms with E-state index >= 15 is 0 Å². The van der Waals surface area contributed by atoms with Crippen molar-refractivity contribution in [2.24, 2.45) is 0 Å². The van der Waals surface area contributed by atoms with E-state index < -0.39 is 0 Å². The zero-order chi connectivity index (χ0) is 19.6. The maximum absolute atomic E-state index is 12.1. The third kappa shape index (κ3) is 7.38. The van der Waals surface area contributed by atoms with E-state index in [0.717, 1.165) is 34.7 Å². The molecule has 27 heavy (non-hydrogen) atoms. The summed E-state index contributed by atoms with van der Waals surface area (Å²) in [7, 11) is 0. The van der Waals surface area contributed by atoms with Gasteiger partial charge in [-0.15, -0.1) is 11.3 Å². The Morgan fingerprint density at radius 2 is 1.81 bits per heavy atom. The first-order chi connectivity index (χ1) is 13.0. The molecule has 0 unspecified atom stereocenters. The SMILES string of the molecule is CCCCC(=O)NCCNC(=O)c1csc(COc2cc(C)cc(C)c2)n1. The van der Waals surface area contributed by atoms with Crippen molar-refractivity contribution in [3.05, 3.63) is 45.4 Å². The van der Waals surface area contributed by atoms with Crippen molar-refractivity contribution in [2.45, 2.75) is 46.6 Å². The number of carbonyl (C=O) groups excluding carboxylic acids is 2. The Kier molecular flexibility index (Phi) is 8.26. The summed E-state index contributed by atoms with van der Waals surface area (Å²) in [6, 6.07) is 6.04. The zero-order valence-corrected chi connectivity index (χ0v) is 16.9. The topological polar surface area (TPSA) is 80.3 Å². The summed E-state index contributed by atoms with van der Waals surface area (Å²) in [5, 5.41) is 8.01. The molecule has 2 aromatic rings. The summed E-state index contributed by atoms with van der Waals surface area (Å²) in [6.45, 7) is 7.22. The minimum Gasteiger partial charge on any atom is -0.486 e. The van der Waals surface area contributed by atoms with Gasteiger partial charge in [-0.05, 0) is 43.5 Å². The van der Waals surface area contributed by atoms with Gasteiger partial charge in [-0.2, -0.15) is 0 Å². The van der Waals surface area contributed by atoms with Crippen molar-refractivity contribution >= 4 is 23.2 Å². The van der Waals surface area contributed by atoms with Gasteiger partial charge >= 0.3 is 0 Å². The molecule has 146 valence electrons. The van der Waals surface area contributed by atoms with E-state index in [2.05, 4.69) is 21.7 Å². The molecule has 2 N–H and O–H groups in total. The first-order valence-electron chi connectivity index (χ1n) is 9.18. The lowest BCUT2D eigenvalue weighted by atomic mass is 10.1. The van der Waals surface area contributed by atoms with Crippen molar-refractivity contribution in [3.63, 3.8) is 0 Å². The van der Waals surface area contributed by atoms with Gasteiger partial charge < -0.3 is 15.4 Å². The van der Waals surface area contributed by atoms with E-state index in [4.69, 9.17) is 4.74 Å². The average molecular weight is 390 g/mol. The van der Waals surface area contributed by atoms with Crippen LogP contribution in [0.15, 0.2) is 23.6 Å². The van der Waals surface area contributed by atoms with Crippen LogP contribution in [-0.4, -0.2) is 29.9 Å². The molecule has 0 aliphatic heterocycles. The molecule has 0 saturated carbocycles. The van der Waals surface area contributed by atoms with Crippen LogP contribution in [0.4, 0.5) is 0 Å². The number of rotatable bonds is 10. The molecule has 0 aliphatic rings. The number of aryl methyl sites for hydroxylation is 2. The molecule has 0 radical (unpaired) electrons. The molecule has 0 fully saturated rings. The van der Waals surface area contributed by atoms with Crippen LogP contribution in [0.2, 0.25) is 0 Å². The zero-order valence-electron chi connectivity index (χ0n) is 16.1. The predicted molar refractivity (Wildman–Crippen MR) is 107 cm³/mol. The molecule has 2 rings (SSSR count). The van der Waals surface area contributed by atoms with Crippen LogP contribution < -0.4 is 15.4 Å². The second-order valence-electron chi connectivity index (χ2n) is 6.45. The van der Waals surface area contributed by atoms with E-state index in [9.17, 15) is 9.59 Å². The van der Waals surface area contributed by atoms with E-state index in [-0.39, 0.29) is 11.8 Å². The normalized spacial score (nSPS) is 10.5. The summed E-state index contributed by atoms with van der Waals surface area (Å²) in [5.41, 5.74) is 2.66. The molecule has 1 heterocycles. The molecule has 0 bridgehead atoms. The molecule has 1 aromatic heterocycles. The lowest BCUT2D eigenvalue weighted by Gasteiger charge is -2.06. The number of nitrogens with zero attached hydrogens (tertiary/aromatic N) is 1. The molecule has 2 amide bonds. The molecule has 7 heteroatoms. The highest BCUT2D eigenvalue weighted by atomic mass is 32.1. The minimum absolute atomic E-state index is 0.0191. The number of aromatic nitrogens is 1. The number of thiazole rings is 1. The standard InChI is InChI=1S/C20H27N3O3S/c1-4-5-6-18(24)21-7-8-22-20(25)17-13-27-19(23-17)12-26-16-10-14(2)9-15(3)11-16/h9-11,13H,4-8,12H2,1-3H3,(H,21,24)(H,22,25). The predicted octanol–water partition coefficient (Wildman–Crippen LogP) is 3.38. The number of benzene rings is 1. The molecule has 0 atom stereocenters. The number of hydrogen-bond acceptors (Lipinski definition) is 5. The Morgan fingerprint density at radius 1 is 1.11 bits per heavy atom. The number of nitrogens with one attached hydrogen (secondary N) is 2. The highest BCUT2D eigenvalue weighted by Gasteiger charge is 2.11. The summed E-state index contributed by atoms with van der Waals surface area (Å²) in [5.74, 6) is 0.574. The van der Waals surface area contributed by atoms with Crippen molar-refractivity contribution in [1.29, 1.82) is 0 Å². The molecular weight excluding hydrogens is 362 g/mol. The van der Waals surface area contributed by atoms with Gasteiger partial charge in [-0.25, -0.2) is 4.98 Å². The fourth-order valence-corrected chi connectivity index (χ4v) is 3.22. The van der Waals surface area contributed by atoms with Crippen LogP contribution in [0.25, 0.3) is 0 Å². The first kappa shape index (κ1) is 20.9. The number of unbranched alkanes of at least 4 members (excludes halogenated alkanes) is 1. The lowest BCUT2D eigenvalue weighted by molar-refractivity contribution is -0.121. The molecule has 0 aliphatic carbocycles. The summed E-state index contributed by atoms with van der Waals surface area (Å²) in [6.07, 6.45) is 2.40. The van der Waals surface area contributed by atoms with E-state index in [1.165, 1.54) is 11.3 Å². The first-order valence-corrected chi connectivity index (χ1v) is 10.1. The Balaban J connectivity index is 1.74. The number of carbonyl (C=O) groups is 2. The van der Waals surface area contributed by atoms with E-state index in [1.54, 1.807) is 5.38 Å². The van der Waals surface area contributed by atoms with Crippen LogP contribution in [0, 0.1) is 13.8 Å². The van der Waals surface area contributed by atoms with Crippen LogP contribution >= 0.6 is 11.3 Å². The smallest absolute Gasteiger partial charge is 0.270 e. The number of amides is 2. The van der Waals surface area contributed by atoms with Gasteiger partial charge in [0, 0.05) is 24.9 Å². The summed E-state index contributed by atoms with van der Waals surface area (Å²) >= 11 is 1.39. The van der Waals surface area contributed by atoms with Crippen molar-refractivity contribution in [1.82, 2.24) is 15.6 Å². The fraction of sp³-hybridized carbons (Fsp3) is 0.450. The van der Waals surface area contributed by atoms with Crippen LogP contribution in [0.1, 0.15) is 52.8 Å². The van der Waals surface area contributed by atoms with Gasteiger partial charge in [0.2, 0.25) is 5.91 Å². The highest BCUT2D eigenvalue weighted by molar-refractivity contribution is 7.09. The molecular formula is C20H27N3O3S. The molecule has 0 saturated heterocycles.